The predicted molar refractivity (Wildman–Crippen MR) is 96.6 cm³/mol. The summed E-state index contributed by atoms with van der Waals surface area (Å²) in [7, 11) is 0. The molecule has 26 heavy (non-hydrogen) atoms. The van der Waals surface area contributed by atoms with Crippen LogP contribution in [0.2, 0.25) is 0 Å². The molecule has 2 aromatic rings. The minimum absolute atomic E-state index is 0.0536. The summed E-state index contributed by atoms with van der Waals surface area (Å²) in [5.74, 6) is 0.346. The van der Waals surface area contributed by atoms with Crippen molar-refractivity contribution in [3.63, 3.8) is 0 Å². The Morgan fingerprint density at radius 1 is 1.23 bits per heavy atom. The molecule has 134 valence electrons. The lowest BCUT2D eigenvalue weighted by Gasteiger charge is -2.32. The summed E-state index contributed by atoms with van der Waals surface area (Å²) in [6.07, 6.45) is 0.310. The number of nitriles is 1. The minimum Gasteiger partial charge on any atom is -0.486 e. The van der Waals surface area contributed by atoms with Gasteiger partial charge in [0.15, 0.2) is 5.78 Å². The van der Waals surface area contributed by atoms with Gasteiger partial charge in [-0.3, -0.25) is 9.59 Å². The third-order valence-corrected chi connectivity index (χ3v) is 5.25. The largest absolute Gasteiger partial charge is 0.486 e. The van der Waals surface area contributed by atoms with Gasteiger partial charge in [-0.15, -0.1) is 11.3 Å². The van der Waals surface area contributed by atoms with E-state index >= 15 is 0 Å². The Labute approximate surface area is 155 Å². The van der Waals surface area contributed by atoms with E-state index in [9.17, 15) is 9.59 Å². The van der Waals surface area contributed by atoms with Crippen LogP contribution in [0.1, 0.15) is 38.3 Å². The lowest BCUT2D eigenvalue weighted by atomic mass is 10.1. The third-order valence-electron chi connectivity index (χ3n) is 4.07. The number of rotatable bonds is 5. The Balaban J connectivity index is 1.66. The summed E-state index contributed by atoms with van der Waals surface area (Å²) in [6, 6.07) is 12.0. The molecule has 1 fully saturated rings. The van der Waals surface area contributed by atoms with Crippen LogP contribution in [0.15, 0.2) is 36.4 Å². The Bertz CT molecular complexity index is 838. The van der Waals surface area contributed by atoms with Crippen LogP contribution in [0.3, 0.4) is 0 Å². The summed E-state index contributed by atoms with van der Waals surface area (Å²) in [4.78, 5) is 24.9. The van der Waals surface area contributed by atoms with Crippen LogP contribution in [-0.2, 0) is 4.74 Å². The zero-order valence-corrected chi connectivity index (χ0v) is 15.0. The molecule has 6 nitrogen and oxygen atoms in total. The second kappa shape index (κ2) is 8.13. The number of carbonyl (C=O) groups excluding carboxylic acids is 2. The van der Waals surface area contributed by atoms with E-state index in [1.165, 1.54) is 18.3 Å². The molecule has 0 aliphatic carbocycles. The number of amides is 1. The summed E-state index contributed by atoms with van der Waals surface area (Å²) in [6.45, 7) is 2.39. The number of benzene rings is 1. The molecule has 1 amide bonds. The quantitative estimate of drug-likeness (QED) is 0.818. The van der Waals surface area contributed by atoms with Gasteiger partial charge in [0, 0.05) is 6.61 Å². The van der Waals surface area contributed by atoms with Crippen molar-refractivity contribution < 1.29 is 19.1 Å². The van der Waals surface area contributed by atoms with Crippen molar-refractivity contribution in [3.8, 4) is 11.8 Å². The molecule has 1 aromatic heterocycles. The summed E-state index contributed by atoms with van der Waals surface area (Å²) < 4.78 is 11.4. The van der Waals surface area contributed by atoms with Gasteiger partial charge in [0.05, 0.1) is 34.0 Å². The van der Waals surface area contributed by atoms with Crippen molar-refractivity contribution in [1.29, 1.82) is 5.26 Å². The molecule has 3 rings (SSSR count). The number of hydrogen-bond donors (Lipinski definition) is 1. The van der Waals surface area contributed by atoms with Crippen molar-refractivity contribution in [1.82, 2.24) is 5.32 Å². The van der Waals surface area contributed by atoms with Gasteiger partial charge in [0.1, 0.15) is 11.9 Å². The van der Waals surface area contributed by atoms with Crippen LogP contribution in [-0.4, -0.2) is 37.0 Å². The van der Waals surface area contributed by atoms with Crippen molar-refractivity contribution in [2.75, 3.05) is 13.2 Å². The number of Topliss-reactive ketones (excluding diaryl/α,β-unsaturated/α-hetero) is 1. The van der Waals surface area contributed by atoms with Gasteiger partial charge in [-0.1, -0.05) is 0 Å². The van der Waals surface area contributed by atoms with Crippen LogP contribution < -0.4 is 10.1 Å². The van der Waals surface area contributed by atoms with Crippen LogP contribution in [0.25, 0.3) is 0 Å². The van der Waals surface area contributed by atoms with Crippen molar-refractivity contribution in [2.45, 2.75) is 25.5 Å². The molecule has 1 aliphatic heterocycles. The Morgan fingerprint density at radius 2 is 1.96 bits per heavy atom. The smallest absolute Gasteiger partial charge is 0.261 e. The molecule has 1 N–H and O–H groups in total. The Hall–Kier alpha value is -2.69. The molecule has 0 unspecified atom stereocenters. The van der Waals surface area contributed by atoms with Crippen molar-refractivity contribution >= 4 is 23.0 Å². The van der Waals surface area contributed by atoms with Gasteiger partial charge in [0.2, 0.25) is 0 Å². The fourth-order valence-corrected chi connectivity index (χ4v) is 3.47. The second-order valence-electron chi connectivity index (χ2n) is 5.96. The SMILES string of the molecule is CC(=O)c1ccc(C(=O)N[C@@H]2CCOC[C@H]2Oc2ccc(C#N)cc2)s1. The fourth-order valence-electron chi connectivity index (χ4n) is 2.66. The zero-order valence-electron chi connectivity index (χ0n) is 14.2. The monoisotopic (exact) mass is 370 g/mol. The first-order valence-electron chi connectivity index (χ1n) is 8.23. The molecular weight excluding hydrogens is 352 g/mol. The minimum atomic E-state index is -0.326. The number of hydrogen-bond acceptors (Lipinski definition) is 6. The Morgan fingerprint density at radius 3 is 2.62 bits per heavy atom. The van der Waals surface area contributed by atoms with Gasteiger partial charge in [-0.2, -0.15) is 5.26 Å². The molecule has 1 saturated heterocycles. The van der Waals surface area contributed by atoms with Gasteiger partial charge in [-0.05, 0) is 49.7 Å². The van der Waals surface area contributed by atoms with E-state index in [4.69, 9.17) is 14.7 Å². The summed E-state index contributed by atoms with van der Waals surface area (Å²) in [5, 5.41) is 11.8. The maximum Gasteiger partial charge on any atom is 0.261 e. The van der Waals surface area contributed by atoms with Gasteiger partial charge in [-0.25, -0.2) is 0 Å². The van der Waals surface area contributed by atoms with Crippen molar-refractivity contribution in [3.05, 3.63) is 51.7 Å². The maximum atomic E-state index is 12.5. The van der Waals surface area contributed by atoms with E-state index in [0.29, 0.717) is 40.7 Å². The third kappa shape index (κ3) is 4.28. The molecular formula is C19H18N2O4S. The highest BCUT2D eigenvalue weighted by Crippen LogP contribution is 2.21. The first-order valence-corrected chi connectivity index (χ1v) is 9.04. The van der Waals surface area contributed by atoms with Gasteiger partial charge >= 0.3 is 0 Å². The van der Waals surface area contributed by atoms with E-state index in [1.54, 1.807) is 36.4 Å². The van der Waals surface area contributed by atoms with E-state index in [2.05, 4.69) is 11.4 Å². The normalized spacial score (nSPS) is 19.4. The first-order chi connectivity index (χ1) is 12.6. The topological polar surface area (TPSA) is 88.4 Å². The first kappa shape index (κ1) is 18.1. The van der Waals surface area contributed by atoms with Crippen LogP contribution in [0, 0.1) is 11.3 Å². The molecule has 0 radical (unpaired) electrons. The second-order valence-corrected chi connectivity index (χ2v) is 7.04. The highest BCUT2D eigenvalue weighted by Gasteiger charge is 2.29. The predicted octanol–water partition coefficient (Wildman–Crippen LogP) is 2.79. The lowest BCUT2D eigenvalue weighted by Crippen LogP contribution is -2.51. The molecule has 0 spiro atoms. The van der Waals surface area contributed by atoms with Crippen LogP contribution in [0.5, 0.6) is 5.75 Å². The average molecular weight is 370 g/mol. The molecule has 1 aromatic carbocycles. The van der Waals surface area contributed by atoms with E-state index in [1.807, 2.05) is 0 Å². The molecule has 2 atom stereocenters. The summed E-state index contributed by atoms with van der Waals surface area (Å²) >= 11 is 1.18. The number of nitrogens with one attached hydrogen (secondary N) is 1. The number of thiophene rings is 1. The highest BCUT2D eigenvalue weighted by atomic mass is 32.1. The zero-order chi connectivity index (χ0) is 18.5. The lowest BCUT2D eigenvalue weighted by molar-refractivity contribution is -0.0134. The van der Waals surface area contributed by atoms with Crippen molar-refractivity contribution in [2.24, 2.45) is 0 Å². The number of ether oxygens (including phenoxy) is 2. The van der Waals surface area contributed by atoms with E-state index in [-0.39, 0.29) is 23.8 Å². The maximum absolute atomic E-state index is 12.5. The van der Waals surface area contributed by atoms with Gasteiger partial charge < -0.3 is 14.8 Å². The van der Waals surface area contributed by atoms with E-state index in [0.717, 1.165) is 0 Å². The molecule has 2 heterocycles. The Kier molecular flexibility index (Phi) is 5.66. The van der Waals surface area contributed by atoms with Crippen LogP contribution >= 0.6 is 11.3 Å². The number of ketones is 1. The average Bonchev–Trinajstić information content (AvgIpc) is 3.15. The molecule has 7 heteroatoms. The van der Waals surface area contributed by atoms with Crippen LogP contribution in [0.4, 0.5) is 0 Å². The standard InChI is InChI=1S/C19H18N2O4S/c1-12(22)17-6-7-18(26-17)19(23)21-15-8-9-24-11-16(15)25-14-4-2-13(10-20)3-5-14/h2-7,15-16H,8-9,11H2,1H3,(H,21,23)/t15-,16-/m1/s1. The fraction of sp³-hybridized carbons (Fsp3) is 0.316. The van der Waals surface area contributed by atoms with Gasteiger partial charge in [0.25, 0.3) is 5.91 Å². The number of nitrogens with zero attached hydrogens (tertiary/aromatic N) is 1. The number of carbonyl (C=O) groups is 2. The molecule has 0 bridgehead atoms. The highest BCUT2D eigenvalue weighted by molar-refractivity contribution is 7.15. The summed E-state index contributed by atoms with van der Waals surface area (Å²) in [5.41, 5.74) is 0.557. The molecule has 0 saturated carbocycles. The molecule has 1 aliphatic rings. The van der Waals surface area contributed by atoms with E-state index < -0.39 is 0 Å².